The van der Waals surface area contributed by atoms with E-state index in [1.165, 1.54) is 18.5 Å². The number of carboxylic acids is 1. The monoisotopic (exact) mass is 223 g/mol. The second-order valence-electron chi connectivity index (χ2n) is 4.00. The summed E-state index contributed by atoms with van der Waals surface area (Å²) < 4.78 is 0. The summed E-state index contributed by atoms with van der Waals surface area (Å²) in [6.45, 7) is 3.14. The van der Waals surface area contributed by atoms with E-state index in [1.54, 1.807) is 13.8 Å². The highest BCUT2D eigenvalue weighted by atomic mass is 16.4. The van der Waals surface area contributed by atoms with Gasteiger partial charge >= 0.3 is 5.97 Å². The summed E-state index contributed by atoms with van der Waals surface area (Å²) in [6, 6.07) is 1.51. The Hall–Kier alpha value is -1.98. The van der Waals surface area contributed by atoms with E-state index < -0.39 is 11.4 Å². The highest BCUT2D eigenvalue weighted by Crippen LogP contribution is 2.13. The fourth-order valence-electron chi connectivity index (χ4n) is 0.904. The van der Waals surface area contributed by atoms with E-state index in [4.69, 9.17) is 5.11 Å². The molecule has 2 N–H and O–H groups in total. The first-order valence-electron chi connectivity index (χ1n) is 4.72. The Morgan fingerprint density at radius 1 is 1.44 bits per heavy atom. The number of carboxylic acid groups (broad SMARTS) is 1. The van der Waals surface area contributed by atoms with Crippen molar-refractivity contribution < 1.29 is 14.7 Å². The van der Waals surface area contributed by atoms with Crippen LogP contribution in [0.4, 0.5) is 0 Å². The average Bonchev–Trinajstić information content (AvgIpc) is 2.27. The Balaban J connectivity index is 2.58. The molecule has 0 aliphatic carbocycles. The van der Waals surface area contributed by atoms with Crippen LogP contribution >= 0.6 is 0 Å². The molecule has 1 aromatic heterocycles. The predicted molar refractivity (Wildman–Crippen MR) is 55.8 cm³/mol. The molecule has 0 aromatic carbocycles. The molecule has 0 aliphatic rings. The van der Waals surface area contributed by atoms with E-state index in [1.807, 2.05) is 0 Å². The first kappa shape index (κ1) is 12.1. The summed E-state index contributed by atoms with van der Waals surface area (Å²) >= 11 is 0. The molecular weight excluding hydrogens is 210 g/mol. The van der Waals surface area contributed by atoms with Gasteiger partial charge in [-0.3, -0.25) is 9.59 Å². The fourth-order valence-corrected chi connectivity index (χ4v) is 0.904. The molecule has 86 valence electrons. The predicted octanol–water partition coefficient (Wildman–Crippen LogP) is 0.317. The Morgan fingerprint density at radius 2 is 2.12 bits per heavy atom. The van der Waals surface area contributed by atoms with Crippen LogP contribution in [-0.4, -0.2) is 33.7 Å². The Kier molecular flexibility index (Phi) is 3.55. The lowest BCUT2D eigenvalue weighted by molar-refractivity contribution is -0.146. The molecule has 0 spiro atoms. The molecule has 6 nitrogen and oxygen atoms in total. The van der Waals surface area contributed by atoms with Gasteiger partial charge in [-0.1, -0.05) is 0 Å². The molecule has 0 bridgehead atoms. The normalized spacial score (nSPS) is 10.9. The van der Waals surface area contributed by atoms with Gasteiger partial charge in [0.1, 0.15) is 0 Å². The molecule has 1 rings (SSSR count). The Labute approximate surface area is 92.7 Å². The topological polar surface area (TPSA) is 92.2 Å². The van der Waals surface area contributed by atoms with Crippen molar-refractivity contribution in [3.05, 3.63) is 24.0 Å². The van der Waals surface area contributed by atoms with Gasteiger partial charge in [-0.15, -0.1) is 0 Å². The number of hydrogen-bond donors (Lipinski definition) is 2. The molecule has 0 aliphatic heterocycles. The van der Waals surface area contributed by atoms with Gasteiger partial charge in [-0.05, 0) is 19.9 Å². The largest absolute Gasteiger partial charge is 0.481 e. The lowest BCUT2D eigenvalue weighted by Gasteiger charge is -2.19. The van der Waals surface area contributed by atoms with E-state index >= 15 is 0 Å². The van der Waals surface area contributed by atoms with Crippen molar-refractivity contribution in [3.63, 3.8) is 0 Å². The average molecular weight is 223 g/mol. The van der Waals surface area contributed by atoms with Crippen LogP contribution in [0.25, 0.3) is 0 Å². The molecular formula is C10H13N3O3. The lowest BCUT2D eigenvalue weighted by Crippen LogP contribution is -2.38. The van der Waals surface area contributed by atoms with Crippen LogP contribution in [0.3, 0.4) is 0 Å². The van der Waals surface area contributed by atoms with Crippen molar-refractivity contribution >= 4 is 11.9 Å². The molecule has 0 fully saturated rings. The van der Waals surface area contributed by atoms with Crippen molar-refractivity contribution in [2.75, 3.05) is 6.54 Å². The number of rotatable bonds is 4. The van der Waals surface area contributed by atoms with E-state index in [0.717, 1.165) is 0 Å². The van der Waals surface area contributed by atoms with Crippen molar-refractivity contribution in [2.24, 2.45) is 5.41 Å². The maximum absolute atomic E-state index is 11.5. The van der Waals surface area contributed by atoms with E-state index in [2.05, 4.69) is 15.5 Å². The standard InChI is InChI=1S/C10H13N3O3/c1-10(2,9(15)16)6-11-8(14)7-3-4-12-13-5-7/h3-5H,6H2,1-2H3,(H,11,14)(H,15,16). The summed E-state index contributed by atoms with van der Waals surface area (Å²) in [6.07, 6.45) is 2.72. The maximum Gasteiger partial charge on any atom is 0.310 e. The van der Waals surface area contributed by atoms with Gasteiger partial charge in [0, 0.05) is 6.54 Å². The summed E-state index contributed by atoms with van der Waals surface area (Å²) in [5.41, 5.74) is -0.632. The van der Waals surface area contributed by atoms with Crippen molar-refractivity contribution in [1.29, 1.82) is 0 Å². The zero-order chi connectivity index (χ0) is 12.2. The van der Waals surface area contributed by atoms with Crippen LogP contribution in [0.1, 0.15) is 24.2 Å². The zero-order valence-corrected chi connectivity index (χ0v) is 9.10. The number of aromatic nitrogens is 2. The van der Waals surface area contributed by atoms with Gasteiger partial charge in [-0.2, -0.15) is 10.2 Å². The number of carbonyl (C=O) groups is 2. The third-order valence-corrected chi connectivity index (χ3v) is 2.12. The van der Waals surface area contributed by atoms with Gasteiger partial charge in [0.15, 0.2) is 0 Å². The molecule has 0 radical (unpaired) electrons. The van der Waals surface area contributed by atoms with E-state index in [-0.39, 0.29) is 12.5 Å². The van der Waals surface area contributed by atoms with Gasteiger partial charge in [0.2, 0.25) is 0 Å². The third-order valence-electron chi connectivity index (χ3n) is 2.12. The van der Waals surface area contributed by atoms with E-state index in [0.29, 0.717) is 5.56 Å². The second-order valence-corrected chi connectivity index (χ2v) is 4.00. The molecule has 0 saturated carbocycles. The van der Waals surface area contributed by atoms with Gasteiger partial charge in [0.05, 0.1) is 23.4 Å². The van der Waals surface area contributed by atoms with Crippen LogP contribution < -0.4 is 5.32 Å². The molecule has 1 aromatic rings. The molecule has 0 atom stereocenters. The first-order valence-corrected chi connectivity index (χ1v) is 4.72. The summed E-state index contributed by atoms with van der Waals surface area (Å²) in [7, 11) is 0. The number of nitrogens with one attached hydrogen (secondary N) is 1. The third kappa shape index (κ3) is 3.01. The van der Waals surface area contributed by atoms with Crippen LogP contribution in [0.15, 0.2) is 18.5 Å². The molecule has 1 amide bonds. The van der Waals surface area contributed by atoms with Crippen LogP contribution in [0.2, 0.25) is 0 Å². The van der Waals surface area contributed by atoms with Crippen molar-refractivity contribution in [1.82, 2.24) is 15.5 Å². The minimum Gasteiger partial charge on any atom is -0.481 e. The van der Waals surface area contributed by atoms with Crippen molar-refractivity contribution in [3.8, 4) is 0 Å². The Morgan fingerprint density at radius 3 is 2.62 bits per heavy atom. The number of amides is 1. The van der Waals surface area contributed by atoms with E-state index in [9.17, 15) is 9.59 Å². The molecule has 0 saturated heterocycles. The van der Waals surface area contributed by atoms with Crippen molar-refractivity contribution in [2.45, 2.75) is 13.8 Å². The van der Waals surface area contributed by atoms with Gasteiger partial charge in [-0.25, -0.2) is 0 Å². The SMILES string of the molecule is CC(C)(CNC(=O)c1ccnnc1)C(=O)O. The van der Waals surface area contributed by atoms with Gasteiger partial charge < -0.3 is 10.4 Å². The smallest absolute Gasteiger partial charge is 0.310 e. The highest BCUT2D eigenvalue weighted by molar-refractivity contribution is 5.94. The number of aliphatic carboxylic acids is 1. The Bertz CT molecular complexity index is 390. The number of hydrogen-bond acceptors (Lipinski definition) is 4. The zero-order valence-electron chi connectivity index (χ0n) is 9.10. The maximum atomic E-state index is 11.5. The molecule has 16 heavy (non-hydrogen) atoms. The van der Waals surface area contributed by atoms with Crippen LogP contribution in [0, 0.1) is 5.41 Å². The summed E-state index contributed by atoms with van der Waals surface area (Å²) in [5.74, 6) is -1.31. The molecule has 0 unspecified atom stereocenters. The van der Waals surface area contributed by atoms with Gasteiger partial charge in [0.25, 0.3) is 5.91 Å². The number of carbonyl (C=O) groups excluding carboxylic acids is 1. The highest BCUT2D eigenvalue weighted by Gasteiger charge is 2.27. The molecule has 1 heterocycles. The van der Waals surface area contributed by atoms with Crippen LogP contribution in [0.5, 0.6) is 0 Å². The fraction of sp³-hybridized carbons (Fsp3) is 0.400. The quantitative estimate of drug-likeness (QED) is 0.766. The molecule has 6 heteroatoms. The minimum atomic E-state index is -0.990. The first-order chi connectivity index (χ1) is 7.43. The van der Waals surface area contributed by atoms with Crippen LogP contribution in [-0.2, 0) is 4.79 Å². The summed E-state index contributed by atoms with van der Waals surface area (Å²) in [4.78, 5) is 22.3. The summed E-state index contributed by atoms with van der Waals surface area (Å²) in [5, 5.41) is 18.5. The second kappa shape index (κ2) is 4.69. The number of nitrogens with zero attached hydrogens (tertiary/aromatic N) is 2. The lowest BCUT2D eigenvalue weighted by atomic mass is 9.94. The minimum absolute atomic E-state index is 0.0590.